The second-order valence-corrected chi connectivity index (χ2v) is 15.6. The fourth-order valence-corrected chi connectivity index (χ4v) is 7.06. The Hall–Kier alpha value is -0.920. The van der Waals surface area contributed by atoms with Crippen molar-refractivity contribution < 1.29 is 48.1 Å². The molecule has 180 valence electrons. The number of benzene rings is 2. The summed E-state index contributed by atoms with van der Waals surface area (Å²) in [6, 6.07) is 21.7. The van der Waals surface area contributed by atoms with Crippen LogP contribution in [0.25, 0.3) is 0 Å². The molecular weight excluding hydrogens is 551 g/mol. The van der Waals surface area contributed by atoms with Crippen molar-refractivity contribution in [3.63, 3.8) is 0 Å². The van der Waals surface area contributed by atoms with Crippen LogP contribution in [0.15, 0.2) is 96.1 Å². The van der Waals surface area contributed by atoms with E-state index in [0.29, 0.717) is 10.8 Å². The van der Waals surface area contributed by atoms with E-state index in [9.17, 15) is 0 Å². The molecule has 0 fully saturated rings. The van der Waals surface area contributed by atoms with Crippen LogP contribution in [-0.4, -0.2) is 5.43 Å². The molecule has 0 radical (unpaired) electrons. The van der Waals surface area contributed by atoms with Crippen molar-refractivity contribution in [3.8, 4) is 0 Å². The molecule has 0 aromatic heterocycles. The summed E-state index contributed by atoms with van der Waals surface area (Å²) in [4.78, 5) is 0. The van der Waals surface area contributed by atoms with E-state index in [-0.39, 0.29) is 24.8 Å². The average molecular weight is 587 g/mol. The van der Waals surface area contributed by atoms with E-state index >= 15 is 0 Å². The van der Waals surface area contributed by atoms with Gasteiger partial charge in [0.25, 0.3) is 0 Å². The Morgan fingerprint density at radius 3 is 1.15 bits per heavy atom. The molecule has 0 unspecified atom stereocenters. The molecule has 0 spiro atoms. The van der Waals surface area contributed by atoms with Gasteiger partial charge in [0, 0.05) is 0 Å². The van der Waals surface area contributed by atoms with E-state index in [1.54, 1.807) is 23.3 Å². The molecule has 4 heteroatoms. The van der Waals surface area contributed by atoms with Crippen molar-refractivity contribution >= 4 is 15.8 Å². The van der Waals surface area contributed by atoms with Gasteiger partial charge in [0.2, 0.25) is 0 Å². The normalized spacial score (nSPS) is 13.8. The predicted molar refractivity (Wildman–Crippen MR) is 138 cm³/mol. The Kier molecular flexibility index (Phi) is 15.5. The van der Waals surface area contributed by atoms with Crippen LogP contribution in [-0.2, 0) is 23.3 Å². The molecule has 0 amide bonds. The van der Waals surface area contributed by atoms with E-state index in [1.165, 1.54) is 21.5 Å². The van der Waals surface area contributed by atoms with Gasteiger partial charge in [-0.15, -0.1) is 12.8 Å². The Morgan fingerprint density at radius 1 is 0.618 bits per heavy atom. The number of rotatable bonds is 2. The first-order chi connectivity index (χ1) is 15.1. The third kappa shape index (κ3) is 11.7. The Balaban J connectivity index is 0.000000485. The van der Waals surface area contributed by atoms with Crippen LogP contribution in [0, 0.1) is 23.0 Å². The topological polar surface area (TPSA) is 0 Å². The summed E-state index contributed by atoms with van der Waals surface area (Å²) in [5.41, 5.74) is 2.84. The number of halogens is 2. The first-order valence-electron chi connectivity index (χ1n) is 11.3. The van der Waals surface area contributed by atoms with Gasteiger partial charge in [0.05, 0.1) is 0 Å². The fraction of sp³-hybridized carbons (Fsp3) is 0.333. The number of hydrogen-bond acceptors (Lipinski definition) is 0. The maximum absolute atomic E-state index is 3.30. The van der Waals surface area contributed by atoms with Crippen LogP contribution in [0.5, 0.6) is 0 Å². The SMILES string of the molecule is CC(C)(C)C1=[C-]CC=C1.CC(C)(C)C1=[C-]CC=C1.[Cl-].[Cl-].[Zr+2]=[Si](c1ccccc1)c1ccccc1. The minimum absolute atomic E-state index is 0. The van der Waals surface area contributed by atoms with Gasteiger partial charge in [-0.25, -0.2) is 23.3 Å². The van der Waals surface area contributed by atoms with E-state index in [4.69, 9.17) is 0 Å². The molecule has 2 aromatic carbocycles. The zero-order valence-electron chi connectivity index (χ0n) is 21.3. The molecule has 0 saturated carbocycles. The first-order valence-corrected chi connectivity index (χ1v) is 16.5. The van der Waals surface area contributed by atoms with Gasteiger partial charge in [0.1, 0.15) is 0 Å². The molecule has 2 aromatic rings. The molecule has 0 heterocycles. The van der Waals surface area contributed by atoms with Gasteiger partial charge >= 0.3 is 99.8 Å². The molecule has 0 N–H and O–H groups in total. The van der Waals surface area contributed by atoms with Gasteiger partial charge in [0.15, 0.2) is 0 Å². The molecule has 34 heavy (non-hydrogen) atoms. The molecule has 2 aliphatic rings. The van der Waals surface area contributed by atoms with Gasteiger partial charge < -0.3 is 24.8 Å². The van der Waals surface area contributed by atoms with Crippen LogP contribution in [0.1, 0.15) is 54.4 Å². The summed E-state index contributed by atoms with van der Waals surface area (Å²) in [5.74, 6) is 0. The van der Waals surface area contributed by atoms with Crippen LogP contribution < -0.4 is 35.2 Å². The van der Waals surface area contributed by atoms with E-state index in [0.717, 1.165) is 12.8 Å². The van der Waals surface area contributed by atoms with Crippen molar-refractivity contribution in [3.05, 3.63) is 108 Å². The summed E-state index contributed by atoms with van der Waals surface area (Å²) in [5, 5.41) is 3.03. The third-order valence-electron chi connectivity index (χ3n) is 5.13. The van der Waals surface area contributed by atoms with Crippen LogP contribution >= 0.6 is 0 Å². The molecule has 2 aliphatic carbocycles. The van der Waals surface area contributed by atoms with Crippen LogP contribution in [0.2, 0.25) is 0 Å². The molecular formula is C30H36Cl2SiZr-2. The summed E-state index contributed by atoms with van der Waals surface area (Å²) >= 11 is 1.64. The van der Waals surface area contributed by atoms with E-state index < -0.39 is 5.43 Å². The summed E-state index contributed by atoms with van der Waals surface area (Å²) < 4.78 is 0. The van der Waals surface area contributed by atoms with Crippen LogP contribution in [0.4, 0.5) is 0 Å². The second-order valence-electron chi connectivity index (χ2n) is 10.0. The quantitative estimate of drug-likeness (QED) is 0.361. The van der Waals surface area contributed by atoms with Crippen molar-refractivity contribution in [2.75, 3.05) is 0 Å². The maximum atomic E-state index is 3.30. The zero-order chi connectivity index (χ0) is 23.6. The first kappa shape index (κ1) is 33.1. The minimum atomic E-state index is -0.455. The Morgan fingerprint density at radius 2 is 0.941 bits per heavy atom. The van der Waals surface area contributed by atoms with Crippen LogP contribution in [0.3, 0.4) is 0 Å². The van der Waals surface area contributed by atoms with E-state index in [2.05, 4.69) is 139 Å². The molecule has 0 saturated heterocycles. The number of allylic oxidation sites excluding steroid dienone is 8. The zero-order valence-corrected chi connectivity index (χ0v) is 26.2. The standard InChI is InChI=1S/C12H10Si.2C9H13.2ClH.Zr/c1-3-7-11(8-4-1)13-12-9-5-2-6-10-12;2*1-9(2,3)8-6-4-5-7-8;;;/h1-10H;2*4,6H,5H2,1-3H3;2*1H;/q;2*-1;;;+2/p-2. The van der Waals surface area contributed by atoms with Crippen molar-refractivity contribution in [1.29, 1.82) is 0 Å². The molecule has 0 nitrogen and oxygen atoms in total. The molecule has 0 bridgehead atoms. The predicted octanol–water partition coefficient (Wildman–Crippen LogP) is 0.791. The average Bonchev–Trinajstić information content (AvgIpc) is 3.49. The Labute approximate surface area is 235 Å². The molecule has 4 rings (SSSR count). The summed E-state index contributed by atoms with van der Waals surface area (Å²) in [7, 11) is 0. The summed E-state index contributed by atoms with van der Waals surface area (Å²) in [6.45, 7) is 13.3. The van der Waals surface area contributed by atoms with Crippen molar-refractivity contribution in [1.82, 2.24) is 0 Å². The van der Waals surface area contributed by atoms with Gasteiger partial charge in [-0.2, -0.15) is 12.2 Å². The summed E-state index contributed by atoms with van der Waals surface area (Å²) in [6.07, 6.45) is 17.3. The second kappa shape index (κ2) is 15.9. The van der Waals surface area contributed by atoms with E-state index in [1.807, 2.05) is 0 Å². The molecule has 0 atom stereocenters. The monoisotopic (exact) mass is 584 g/mol. The van der Waals surface area contributed by atoms with Crippen molar-refractivity contribution in [2.24, 2.45) is 10.8 Å². The van der Waals surface area contributed by atoms with Gasteiger partial charge in [-0.3, -0.25) is 12.2 Å². The number of hydrogen-bond donors (Lipinski definition) is 0. The van der Waals surface area contributed by atoms with Gasteiger partial charge in [-0.1, -0.05) is 41.5 Å². The third-order valence-corrected chi connectivity index (χ3v) is 11.2. The Bertz CT molecular complexity index is 908. The molecule has 0 aliphatic heterocycles. The fourth-order valence-electron chi connectivity index (χ4n) is 3.22. The van der Waals surface area contributed by atoms with Crippen molar-refractivity contribution in [2.45, 2.75) is 54.4 Å². The van der Waals surface area contributed by atoms with Gasteiger partial charge in [-0.05, 0) is 10.8 Å².